The molecule has 0 radical (unpaired) electrons. The summed E-state index contributed by atoms with van der Waals surface area (Å²) < 4.78 is 24.5. The standard InChI is InChI=1S/C12H14N2O3S/c15-11-2-1-5-14-8-10(13-12(11)14)9-3-6-18(16,17)7-4-9/h1-2,5,8-9,15H,3-4,6-7H2. The van der Waals surface area contributed by atoms with Gasteiger partial charge in [0.05, 0.1) is 17.2 Å². The van der Waals surface area contributed by atoms with E-state index in [0.29, 0.717) is 18.5 Å². The molecule has 2 aromatic heterocycles. The largest absolute Gasteiger partial charge is 0.504 e. The topological polar surface area (TPSA) is 71.7 Å². The molecule has 1 N–H and O–H groups in total. The van der Waals surface area contributed by atoms with Gasteiger partial charge in [0.1, 0.15) is 9.84 Å². The van der Waals surface area contributed by atoms with E-state index in [1.165, 1.54) is 0 Å². The van der Waals surface area contributed by atoms with Crippen LogP contribution in [0.3, 0.4) is 0 Å². The minimum Gasteiger partial charge on any atom is -0.504 e. The second-order valence-electron chi connectivity index (χ2n) is 4.72. The molecular formula is C12H14N2O3S. The molecule has 3 rings (SSSR count). The van der Waals surface area contributed by atoms with Crippen molar-refractivity contribution in [3.8, 4) is 5.75 Å². The molecule has 1 saturated heterocycles. The number of aromatic hydroxyl groups is 1. The number of hydrogen-bond acceptors (Lipinski definition) is 4. The smallest absolute Gasteiger partial charge is 0.179 e. The maximum atomic E-state index is 11.4. The fraction of sp³-hybridized carbons (Fsp3) is 0.417. The van der Waals surface area contributed by atoms with Crippen molar-refractivity contribution in [3.63, 3.8) is 0 Å². The molecule has 0 saturated carbocycles. The average Bonchev–Trinajstić information content (AvgIpc) is 2.74. The molecule has 0 spiro atoms. The number of pyridine rings is 1. The quantitative estimate of drug-likeness (QED) is 0.845. The van der Waals surface area contributed by atoms with Crippen molar-refractivity contribution in [1.82, 2.24) is 9.38 Å². The van der Waals surface area contributed by atoms with Gasteiger partial charge in [0.25, 0.3) is 0 Å². The highest BCUT2D eigenvalue weighted by molar-refractivity contribution is 7.91. The summed E-state index contributed by atoms with van der Waals surface area (Å²) in [5, 5.41) is 9.69. The minimum absolute atomic E-state index is 0.146. The van der Waals surface area contributed by atoms with E-state index in [1.807, 2.05) is 12.4 Å². The second kappa shape index (κ2) is 3.98. The fourth-order valence-electron chi connectivity index (χ4n) is 2.40. The monoisotopic (exact) mass is 266 g/mol. The third kappa shape index (κ3) is 1.96. The Morgan fingerprint density at radius 1 is 1.33 bits per heavy atom. The number of nitrogens with zero attached hydrogens (tertiary/aromatic N) is 2. The fourth-order valence-corrected chi connectivity index (χ4v) is 3.89. The molecule has 0 atom stereocenters. The Bertz CT molecular complexity index is 676. The molecule has 1 aliphatic rings. The molecule has 0 aromatic carbocycles. The van der Waals surface area contributed by atoms with Crippen molar-refractivity contribution < 1.29 is 13.5 Å². The first-order chi connectivity index (χ1) is 8.55. The Labute approximate surface area is 105 Å². The highest BCUT2D eigenvalue weighted by Gasteiger charge is 2.26. The number of hydrogen-bond donors (Lipinski definition) is 1. The predicted molar refractivity (Wildman–Crippen MR) is 67.5 cm³/mol. The van der Waals surface area contributed by atoms with Crippen LogP contribution in [0.15, 0.2) is 24.5 Å². The van der Waals surface area contributed by atoms with Crippen molar-refractivity contribution in [2.45, 2.75) is 18.8 Å². The lowest BCUT2D eigenvalue weighted by Crippen LogP contribution is -2.22. The van der Waals surface area contributed by atoms with E-state index in [2.05, 4.69) is 4.98 Å². The normalized spacial score (nSPS) is 20.2. The highest BCUT2D eigenvalue weighted by Crippen LogP contribution is 2.29. The van der Waals surface area contributed by atoms with Crippen LogP contribution < -0.4 is 0 Å². The van der Waals surface area contributed by atoms with Gasteiger partial charge in [-0.2, -0.15) is 0 Å². The lowest BCUT2D eigenvalue weighted by atomic mass is 10.00. The van der Waals surface area contributed by atoms with Gasteiger partial charge in [-0.25, -0.2) is 13.4 Å². The van der Waals surface area contributed by atoms with Crippen molar-refractivity contribution in [2.75, 3.05) is 11.5 Å². The number of rotatable bonds is 1. The Hall–Kier alpha value is -1.56. The van der Waals surface area contributed by atoms with Gasteiger partial charge in [0.2, 0.25) is 0 Å². The number of imidazole rings is 1. The van der Waals surface area contributed by atoms with Crippen LogP contribution in [0.2, 0.25) is 0 Å². The van der Waals surface area contributed by atoms with Crippen LogP contribution in [0, 0.1) is 0 Å². The van der Waals surface area contributed by atoms with Crippen LogP contribution in [0.25, 0.3) is 5.65 Å². The van der Waals surface area contributed by atoms with E-state index in [9.17, 15) is 13.5 Å². The van der Waals surface area contributed by atoms with Gasteiger partial charge in [-0.3, -0.25) is 0 Å². The lowest BCUT2D eigenvalue weighted by molar-refractivity contribution is 0.477. The molecule has 0 bridgehead atoms. The molecule has 18 heavy (non-hydrogen) atoms. The first-order valence-electron chi connectivity index (χ1n) is 5.92. The van der Waals surface area contributed by atoms with Gasteiger partial charge in [0, 0.05) is 18.3 Å². The summed E-state index contributed by atoms with van der Waals surface area (Å²) in [5.41, 5.74) is 1.40. The van der Waals surface area contributed by atoms with Gasteiger partial charge in [0.15, 0.2) is 11.4 Å². The van der Waals surface area contributed by atoms with E-state index in [1.54, 1.807) is 16.5 Å². The summed E-state index contributed by atoms with van der Waals surface area (Å²) in [6, 6.07) is 3.34. The van der Waals surface area contributed by atoms with Crippen LogP contribution in [0.4, 0.5) is 0 Å². The Kier molecular flexibility index (Phi) is 2.55. The summed E-state index contributed by atoms with van der Waals surface area (Å²) in [4.78, 5) is 4.40. The van der Waals surface area contributed by atoms with Gasteiger partial charge in [-0.15, -0.1) is 0 Å². The number of sulfone groups is 1. The van der Waals surface area contributed by atoms with E-state index < -0.39 is 9.84 Å². The van der Waals surface area contributed by atoms with Gasteiger partial charge < -0.3 is 9.51 Å². The maximum Gasteiger partial charge on any atom is 0.179 e. The average molecular weight is 266 g/mol. The van der Waals surface area contributed by atoms with Crippen LogP contribution in [-0.2, 0) is 9.84 Å². The van der Waals surface area contributed by atoms with Crippen molar-refractivity contribution in [3.05, 3.63) is 30.2 Å². The first kappa shape index (κ1) is 11.5. The third-order valence-corrected chi connectivity index (χ3v) is 5.17. The van der Waals surface area contributed by atoms with Gasteiger partial charge in [-0.1, -0.05) is 0 Å². The molecule has 0 amide bonds. The van der Waals surface area contributed by atoms with Crippen LogP contribution in [-0.4, -0.2) is 34.4 Å². The molecule has 3 heterocycles. The van der Waals surface area contributed by atoms with Crippen molar-refractivity contribution in [2.24, 2.45) is 0 Å². The van der Waals surface area contributed by atoms with Crippen molar-refractivity contribution >= 4 is 15.5 Å². The van der Waals surface area contributed by atoms with E-state index >= 15 is 0 Å². The van der Waals surface area contributed by atoms with E-state index in [4.69, 9.17) is 0 Å². The molecular weight excluding hydrogens is 252 g/mol. The molecule has 1 fully saturated rings. The molecule has 0 aliphatic carbocycles. The zero-order chi connectivity index (χ0) is 12.8. The van der Waals surface area contributed by atoms with E-state index in [0.717, 1.165) is 5.69 Å². The molecule has 5 nitrogen and oxygen atoms in total. The predicted octanol–water partition coefficient (Wildman–Crippen LogP) is 1.33. The zero-order valence-electron chi connectivity index (χ0n) is 9.78. The molecule has 0 unspecified atom stereocenters. The molecule has 96 valence electrons. The number of aromatic nitrogens is 2. The zero-order valence-corrected chi connectivity index (χ0v) is 10.6. The summed E-state index contributed by atoms with van der Waals surface area (Å²) >= 11 is 0. The Balaban J connectivity index is 1.94. The molecule has 1 aliphatic heterocycles. The summed E-state index contributed by atoms with van der Waals surface area (Å²) in [6.45, 7) is 0. The molecule has 6 heteroatoms. The summed E-state index contributed by atoms with van der Waals surface area (Å²) in [5.74, 6) is 0.787. The second-order valence-corrected chi connectivity index (χ2v) is 7.02. The van der Waals surface area contributed by atoms with Gasteiger partial charge in [-0.05, 0) is 25.0 Å². The molecule has 2 aromatic rings. The number of fused-ring (bicyclic) bond motifs is 1. The first-order valence-corrected chi connectivity index (χ1v) is 7.74. The Morgan fingerprint density at radius 2 is 2.06 bits per heavy atom. The SMILES string of the molecule is O=S1(=O)CCC(c2cn3cccc(O)c3n2)CC1. The van der Waals surface area contributed by atoms with Gasteiger partial charge >= 0.3 is 0 Å². The maximum absolute atomic E-state index is 11.4. The van der Waals surface area contributed by atoms with Crippen LogP contribution in [0.1, 0.15) is 24.5 Å². The van der Waals surface area contributed by atoms with E-state index in [-0.39, 0.29) is 23.2 Å². The van der Waals surface area contributed by atoms with Crippen molar-refractivity contribution in [1.29, 1.82) is 0 Å². The summed E-state index contributed by atoms with van der Waals surface area (Å²) in [6.07, 6.45) is 4.93. The Morgan fingerprint density at radius 3 is 2.72 bits per heavy atom. The highest BCUT2D eigenvalue weighted by atomic mass is 32.2. The van der Waals surface area contributed by atoms with Crippen LogP contribution >= 0.6 is 0 Å². The lowest BCUT2D eigenvalue weighted by Gasteiger charge is -2.19. The summed E-state index contributed by atoms with van der Waals surface area (Å²) in [7, 11) is -2.85. The third-order valence-electron chi connectivity index (χ3n) is 3.45. The van der Waals surface area contributed by atoms with Crippen LogP contribution in [0.5, 0.6) is 5.75 Å². The minimum atomic E-state index is -2.85.